The molecule has 0 saturated carbocycles. The highest BCUT2D eigenvalue weighted by atomic mass is 16.5. The minimum atomic E-state index is 0.0678. The second-order valence-corrected chi connectivity index (χ2v) is 3.77. The van der Waals surface area contributed by atoms with Crippen LogP contribution >= 0.6 is 0 Å². The van der Waals surface area contributed by atoms with Gasteiger partial charge in [0.1, 0.15) is 5.82 Å². The van der Waals surface area contributed by atoms with E-state index in [1.165, 1.54) is 5.56 Å². The first-order chi connectivity index (χ1) is 8.29. The molecule has 1 aromatic rings. The summed E-state index contributed by atoms with van der Waals surface area (Å²) in [5.41, 5.74) is 1.17. The molecule has 1 aromatic heterocycles. The molecular weight excluding hydrogens is 218 g/mol. The van der Waals surface area contributed by atoms with Gasteiger partial charge in [0.05, 0.1) is 19.8 Å². The van der Waals surface area contributed by atoms with Gasteiger partial charge in [0.25, 0.3) is 0 Å². The number of aromatic nitrogens is 1. The van der Waals surface area contributed by atoms with E-state index in [-0.39, 0.29) is 6.61 Å². The van der Waals surface area contributed by atoms with Crippen LogP contribution in [0.2, 0.25) is 0 Å². The van der Waals surface area contributed by atoms with Gasteiger partial charge in [0, 0.05) is 31.9 Å². The van der Waals surface area contributed by atoms with E-state index in [1.807, 2.05) is 20.2 Å². The molecule has 5 nitrogen and oxygen atoms in total. The molecule has 0 aromatic carbocycles. The molecule has 1 heterocycles. The van der Waals surface area contributed by atoms with E-state index in [0.717, 1.165) is 18.9 Å². The van der Waals surface area contributed by atoms with Crippen molar-refractivity contribution < 1.29 is 9.84 Å². The van der Waals surface area contributed by atoms with Crippen molar-refractivity contribution in [1.29, 1.82) is 0 Å². The Hall–Kier alpha value is -1.17. The second kappa shape index (κ2) is 8.00. The Morgan fingerprint density at radius 3 is 3.00 bits per heavy atom. The number of likely N-dealkylation sites (N-methyl/N-ethyl adjacent to an activating group) is 1. The standard InChI is InChI=1S/C12H21N3O2/c1-13-10-11-4-3-5-14-12(11)15(2)6-8-17-9-7-16/h3-5,13,16H,6-10H2,1-2H3. The predicted octanol–water partition coefficient (Wildman–Crippen LogP) is 0.246. The first-order valence-electron chi connectivity index (χ1n) is 5.77. The van der Waals surface area contributed by atoms with E-state index in [0.29, 0.717) is 13.2 Å². The summed E-state index contributed by atoms with van der Waals surface area (Å²) in [6.07, 6.45) is 1.79. The van der Waals surface area contributed by atoms with Crippen molar-refractivity contribution >= 4 is 5.82 Å². The molecule has 0 bridgehead atoms. The van der Waals surface area contributed by atoms with Crippen LogP contribution in [0.25, 0.3) is 0 Å². The third-order valence-corrected chi connectivity index (χ3v) is 2.40. The summed E-state index contributed by atoms with van der Waals surface area (Å²) in [7, 11) is 3.91. The molecule has 0 aliphatic rings. The van der Waals surface area contributed by atoms with Gasteiger partial charge in [-0.15, -0.1) is 0 Å². The fourth-order valence-corrected chi connectivity index (χ4v) is 1.58. The minimum absolute atomic E-state index is 0.0678. The Morgan fingerprint density at radius 1 is 1.47 bits per heavy atom. The van der Waals surface area contributed by atoms with Crippen molar-refractivity contribution in [2.24, 2.45) is 0 Å². The van der Waals surface area contributed by atoms with Crippen LogP contribution in [-0.4, -0.2) is 50.6 Å². The zero-order valence-corrected chi connectivity index (χ0v) is 10.5. The van der Waals surface area contributed by atoms with Gasteiger partial charge in [0.2, 0.25) is 0 Å². The highest BCUT2D eigenvalue weighted by Crippen LogP contribution is 2.14. The van der Waals surface area contributed by atoms with Crippen LogP contribution in [0, 0.1) is 0 Å². The van der Waals surface area contributed by atoms with Gasteiger partial charge in [0.15, 0.2) is 0 Å². The van der Waals surface area contributed by atoms with Crippen LogP contribution in [0.4, 0.5) is 5.82 Å². The van der Waals surface area contributed by atoms with Crippen LogP contribution in [0.1, 0.15) is 5.56 Å². The molecule has 0 aliphatic carbocycles. The molecule has 0 unspecified atom stereocenters. The topological polar surface area (TPSA) is 57.6 Å². The summed E-state index contributed by atoms with van der Waals surface area (Å²) in [5.74, 6) is 0.967. The molecule has 17 heavy (non-hydrogen) atoms. The molecule has 0 aliphatic heterocycles. The van der Waals surface area contributed by atoms with Crippen molar-refractivity contribution in [1.82, 2.24) is 10.3 Å². The SMILES string of the molecule is CNCc1cccnc1N(C)CCOCCO. The summed E-state index contributed by atoms with van der Waals surface area (Å²) >= 11 is 0. The van der Waals surface area contributed by atoms with Gasteiger partial charge in [-0.25, -0.2) is 4.98 Å². The third kappa shape index (κ3) is 4.68. The van der Waals surface area contributed by atoms with Crippen LogP contribution in [-0.2, 0) is 11.3 Å². The summed E-state index contributed by atoms with van der Waals surface area (Å²) in [6.45, 7) is 2.60. The Labute approximate surface area is 102 Å². The second-order valence-electron chi connectivity index (χ2n) is 3.77. The zero-order valence-electron chi connectivity index (χ0n) is 10.5. The minimum Gasteiger partial charge on any atom is -0.394 e. The van der Waals surface area contributed by atoms with Gasteiger partial charge in [-0.2, -0.15) is 0 Å². The summed E-state index contributed by atoms with van der Waals surface area (Å²) in [4.78, 5) is 6.44. The summed E-state index contributed by atoms with van der Waals surface area (Å²) in [5, 5.41) is 11.7. The van der Waals surface area contributed by atoms with E-state index < -0.39 is 0 Å². The highest BCUT2D eigenvalue weighted by Gasteiger charge is 2.07. The molecule has 0 spiro atoms. The van der Waals surface area contributed by atoms with Gasteiger partial charge < -0.3 is 20.1 Å². The van der Waals surface area contributed by atoms with E-state index in [1.54, 1.807) is 6.20 Å². The predicted molar refractivity (Wildman–Crippen MR) is 68.2 cm³/mol. The normalized spacial score (nSPS) is 10.5. The molecule has 0 saturated heterocycles. The summed E-state index contributed by atoms with van der Waals surface area (Å²) in [6, 6.07) is 4.00. The average molecular weight is 239 g/mol. The Balaban J connectivity index is 2.52. The monoisotopic (exact) mass is 239 g/mol. The lowest BCUT2D eigenvalue weighted by Crippen LogP contribution is -2.26. The van der Waals surface area contributed by atoms with Crippen LogP contribution < -0.4 is 10.2 Å². The number of pyridine rings is 1. The van der Waals surface area contributed by atoms with Gasteiger partial charge in [-0.05, 0) is 13.1 Å². The summed E-state index contributed by atoms with van der Waals surface area (Å²) < 4.78 is 5.24. The number of anilines is 1. The van der Waals surface area contributed by atoms with E-state index >= 15 is 0 Å². The lowest BCUT2D eigenvalue weighted by atomic mass is 10.2. The van der Waals surface area contributed by atoms with Gasteiger partial charge in [-0.1, -0.05) is 6.07 Å². The highest BCUT2D eigenvalue weighted by molar-refractivity contribution is 5.45. The Morgan fingerprint density at radius 2 is 2.29 bits per heavy atom. The van der Waals surface area contributed by atoms with Crippen LogP contribution in [0.15, 0.2) is 18.3 Å². The number of rotatable bonds is 8. The van der Waals surface area contributed by atoms with Gasteiger partial charge in [-0.3, -0.25) is 0 Å². The van der Waals surface area contributed by atoms with E-state index in [2.05, 4.69) is 21.3 Å². The maximum atomic E-state index is 8.60. The number of aliphatic hydroxyl groups is 1. The van der Waals surface area contributed by atoms with Crippen molar-refractivity contribution in [3.63, 3.8) is 0 Å². The lowest BCUT2D eigenvalue weighted by Gasteiger charge is -2.20. The molecule has 0 fully saturated rings. The molecule has 1 rings (SSSR count). The van der Waals surface area contributed by atoms with Crippen molar-refractivity contribution in [3.8, 4) is 0 Å². The molecule has 0 amide bonds. The average Bonchev–Trinajstić information content (AvgIpc) is 2.35. The molecule has 2 N–H and O–H groups in total. The van der Waals surface area contributed by atoms with Crippen LogP contribution in [0.5, 0.6) is 0 Å². The van der Waals surface area contributed by atoms with E-state index in [9.17, 15) is 0 Å². The smallest absolute Gasteiger partial charge is 0.132 e. The van der Waals surface area contributed by atoms with E-state index in [4.69, 9.17) is 9.84 Å². The number of hydrogen-bond donors (Lipinski definition) is 2. The van der Waals surface area contributed by atoms with Gasteiger partial charge >= 0.3 is 0 Å². The first kappa shape index (κ1) is 13.9. The number of nitrogens with zero attached hydrogens (tertiary/aromatic N) is 2. The Bertz CT molecular complexity index is 320. The molecule has 0 radical (unpaired) electrons. The van der Waals surface area contributed by atoms with Crippen molar-refractivity contribution in [2.45, 2.75) is 6.54 Å². The van der Waals surface area contributed by atoms with Crippen LogP contribution in [0.3, 0.4) is 0 Å². The Kier molecular flexibility index (Phi) is 6.54. The van der Waals surface area contributed by atoms with Crippen molar-refractivity contribution in [2.75, 3.05) is 45.4 Å². The number of nitrogens with one attached hydrogen (secondary N) is 1. The maximum Gasteiger partial charge on any atom is 0.132 e. The number of hydrogen-bond acceptors (Lipinski definition) is 5. The molecule has 0 atom stereocenters. The fourth-order valence-electron chi connectivity index (χ4n) is 1.58. The largest absolute Gasteiger partial charge is 0.394 e. The fraction of sp³-hybridized carbons (Fsp3) is 0.583. The zero-order chi connectivity index (χ0) is 12.5. The number of aliphatic hydroxyl groups excluding tert-OH is 1. The molecule has 5 heteroatoms. The lowest BCUT2D eigenvalue weighted by molar-refractivity contribution is 0.0970. The number of ether oxygens (including phenoxy) is 1. The first-order valence-corrected chi connectivity index (χ1v) is 5.77. The molecule has 96 valence electrons. The molecular formula is C12H21N3O2. The van der Waals surface area contributed by atoms with Crippen molar-refractivity contribution in [3.05, 3.63) is 23.9 Å². The third-order valence-electron chi connectivity index (χ3n) is 2.40. The maximum absolute atomic E-state index is 8.60. The quantitative estimate of drug-likeness (QED) is 0.637.